The van der Waals surface area contributed by atoms with Crippen LogP contribution in [0.1, 0.15) is 5.56 Å². The Balaban J connectivity index is 1.39. The molecule has 0 spiro atoms. The standard InChI is InChI=1S/C20H16N4O5S2/c1-24-16-4-3-13(6-12(16)8-19(24)26)31(27,28)23-20-22-15(10-30-20)11-2-5-17-14(7-11)21-18(25)9-29-17/h2-7,10H,8-9H2,1H3,(H,21,25)(H,22,23). The van der Waals surface area contributed by atoms with Crippen LogP contribution >= 0.6 is 11.3 Å². The molecule has 2 amide bonds. The first kappa shape index (κ1) is 19.5. The van der Waals surface area contributed by atoms with E-state index >= 15 is 0 Å². The molecule has 158 valence electrons. The zero-order valence-electron chi connectivity index (χ0n) is 16.2. The lowest BCUT2D eigenvalue weighted by molar-refractivity contribution is -0.119. The minimum absolute atomic E-state index is 0.0257. The second kappa shape index (κ2) is 7.06. The fourth-order valence-electron chi connectivity index (χ4n) is 3.48. The van der Waals surface area contributed by atoms with E-state index in [-0.39, 0.29) is 34.9 Å². The normalized spacial score (nSPS) is 15.2. The lowest BCUT2D eigenvalue weighted by Gasteiger charge is -2.18. The van der Waals surface area contributed by atoms with E-state index in [2.05, 4.69) is 15.0 Å². The summed E-state index contributed by atoms with van der Waals surface area (Å²) in [5.41, 5.74) is 3.20. The van der Waals surface area contributed by atoms with E-state index in [0.717, 1.165) is 11.3 Å². The van der Waals surface area contributed by atoms with Crippen molar-refractivity contribution in [2.75, 3.05) is 28.6 Å². The second-order valence-electron chi connectivity index (χ2n) is 7.11. The van der Waals surface area contributed by atoms with Crippen molar-refractivity contribution in [3.05, 3.63) is 47.3 Å². The monoisotopic (exact) mass is 456 g/mol. The van der Waals surface area contributed by atoms with Gasteiger partial charge in [0, 0.05) is 23.7 Å². The first-order valence-electron chi connectivity index (χ1n) is 9.25. The molecule has 0 aliphatic carbocycles. The molecular weight excluding hydrogens is 440 g/mol. The van der Waals surface area contributed by atoms with Crippen molar-refractivity contribution in [3.63, 3.8) is 0 Å². The third kappa shape index (κ3) is 3.51. The van der Waals surface area contributed by atoms with Crippen molar-refractivity contribution in [1.82, 2.24) is 4.98 Å². The van der Waals surface area contributed by atoms with Crippen LogP contribution in [-0.4, -0.2) is 38.9 Å². The fourth-order valence-corrected chi connectivity index (χ4v) is 5.51. The number of rotatable bonds is 4. The van der Waals surface area contributed by atoms with Gasteiger partial charge in [0.2, 0.25) is 5.91 Å². The van der Waals surface area contributed by atoms with Crippen LogP contribution in [0.2, 0.25) is 0 Å². The highest BCUT2D eigenvalue weighted by Gasteiger charge is 2.26. The largest absolute Gasteiger partial charge is 0.482 e. The summed E-state index contributed by atoms with van der Waals surface area (Å²) in [7, 11) is -2.21. The van der Waals surface area contributed by atoms with E-state index in [0.29, 0.717) is 33.9 Å². The molecule has 1 aromatic heterocycles. The molecule has 0 unspecified atom stereocenters. The van der Waals surface area contributed by atoms with Gasteiger partial charge < -0.3 is 15.0 Å². The van der Waals surface area contributed by atoms with Gasteiger partial charge >= 0.3 is 0 Å². The number of fused-ring (bicyclic) bond motifs is 2. The number of hydrogen-bond donors (Lipinski definition) is 2. The molecule has 2 N–H and O–H groups in total. The fraction of sp³-hybridized carbons (Fsp3) is 0.150. The molecule has 5 rings (SSSR count). The first-order valence-corrected chi connectivity index (χ1v) is 11.6. The Morgan fingerprint density at radius 2 is 2.03 bits per heavy atom. The summed E-state index contributed by atoms with van der Waals surface area (Å²) in [4.78, 5) is 29.3. The number of carbonyl (C=O) groups is 2. The molecule has 11 heteroatoms. The number of nitrogens with one attached hydrogen (secondary N) is 2. The third-order valence-corrected chi connectivity index (χ3v) is 7.30. The Bertz CT molecular complexity index is 1350. The molecule has 3 aromatic rings. The number of ether oxygens (including phenoxy) is 1. The number of sulfonamides is 1. The van der Waals surface area contributed by atoms with Crippen molar-refractivity contribution in [1.29, 1.82) is 0 Å². The van der Waals surface area contributed by atoms with Gasteiger partial charge in [0.15, 0.2) is 11.7 Å². The third-order valence-electron chi connectivity index (χ3n) is 5.07. The summed E-state index contributed by atoms with van der Waals surface area (Å²) in [6, 6.07) is 9.86. The average molecular weight is 457 g/mol. The molecule has 2 aliphatic heterocycles. The minimum Gasteiger partial charge on any atom is -0.482 e. The zero-order valence-corrected chi connectivity index (χ0v) is 17.8. The quantitative estimate of drug-likeness (QED) is 0.623. The van der Waals surface area contributed by atoms with Gasteiger partial charge in [0.25, 0.3) is 15.9 Å². The predicted molar refractivity (Wildman–Crippen MR) is 116 cm³/mol. The van der Waals surface area contributed by atoms with E-state index in [4.69, 9.17) is 4.74 Å². The van der Waals surface area contributed by atoms with Crippen LogP contribution in [0.3, 0.4) is 0 Å². The highest BCUT2D eigenvalue weighted by atomic mass is 32.2. The van der Waals surface area contributed by atoms with Gasteiger partial charge in [-0.05, 0) is 42.0 Å². The maximum atomic E-state index is 12.8. The average Bonchev–Trinajstić information content (AvgIpc) is 3.31. The Morgan fingerprint density at radius 3 is 2.87 bits per heavy atom. The maximum absolute atomic E-state index is 12.8. The number of benzene rings is 2. The van der Waals surface area contributed by atoms with Crippen molar-refractivity contribution >= 4 is 49.7 Å². The van der Waals surface area contributed by atoms with Crippen LogP contribution < -0.4 is 19.7 Å². The molecule has 31 heavy (non-hydrogen) atoms. The molecule has 3 heterocycles. The lowest BCUT2D eigenvalue weighted by Crippen LogP contribution is -2.25. The number of hydrogen-bond acceptors (Lipinski definition) is 7. The first-order chi connectivity index (χ1) is 14.8. The molecule has 0 atom stereocenters. The molecule has 0 fully saturated rings. The number of aromatic nitrogens is 1. The summed E-state index contributed by atoms with van der Waals surface area (Å²) in [5, 5.41) is 4.67. The molecule has 0 saturated heterocycles. The smallest absolute Gasteiger partial charge is 0.263 e. The Morgan fingerprint density at radius 1 is 1.19 bits per heavy atom. The van der Waals surface area contributed by atoms with Gasteiger partial charge in [-0.15, -0.1) is 11.3 Å². The SMILES string of the molecule is CN1C(=O)Cc2cc(S(=O)(=O)Nc3nc(-c4ccc5c(c4)NC(=O)CO5)cs3)ccc21. The molecular formula is C20H16N4O5S2. The minimum atomic E-state index is -3.87. The number of thiazole rings is 1. The van der Waals surface area contributed by atoms with Crippen LogP contribution in [0.4, 0.5) is 16.5 Å². The summed E-state index contributed by atoms with van der Waals surface area (Å²) in [6.45, 7) is -0.0257. The van der Waals surface area contributed by atoms with Gasteiger partial charge in [-0.3, -0.25) is 14.3 Å². The molecule has 0 saturated carbocycles. The van der Waals surface area contributed by atoms with E-state index in [1.165, 1.54) is 17.0 Å². The Kier molecular flexibility index (Phi) is 4.45. The van der Waals surface area contributed by atoms with Crippen LogP contribution in [0, 0.1) is 0 Å². The van der Waals surface area contributed by atoms with Crippen molar-refractivity contribution in [2.45, 2.75) is 11.3 Å². The van der Waals surface area contributed by atoms with Crippen molar-refractivity contribution in [3.8, 4) is 17.0 Å². The molecule has 9 nitrogen and oxygen atoms in total. The van der Waals surface area contributed by atoms with E-state index < -0.39 is 10.0 Å². The van der Waals surface area contributed by atoms with E-state index in [9.17, 15) is 18.0 Å². The lowest BCUT2D eigenvalue weighted by atomic mass is 10.1. The molecule has 2 aromatic carbocycles. The van der Waals surface area contributed by atoms with Crippen LogP contribution in [-0.2, 0) is 26.0 Å². The molecule has 2 aliphatic rings. The van der Waals surface area contributed by atoms with Crippen LogP contribution in [0.5, 0.6) is 5.75 Å². The summed E-state index contributed by atoms with van der Waals surface area (Å²) < 4.78 is 33.5. The zero-order chi connectivity index (χ0) is 21.8. The van der Waals surface area contributed by atoms with Gasteiger partial charge in [-0.25, -0.2) is 13.4 Å². The van der Waals surface area contributed by atoms with Gasteiger partial charge in [-0.1, -0.05) is 0 Å². The Hall–Kier alpha value is -3.44. The van der Waals surface area contributed by atoms with Gasteiger partial charge in [0.1, 0.15) is 5.75 Å². The number of carbonyl (C=O) groups excluding carboxylic acids is 2. The molecule has 0 radical (unpaired) electrons. The van der Waals surface area contributed by atoms with Crippen molar-refractivity contribution < 1.29 is 22.7 Å². The summed E-state index contributed by atoms with van der Waals surface area (Å²) in [5.74, 6) is 0.257. The van der Waals surface area contributed by atoms with Crippen LogP contribution in [0.25, 0.3) is 11.3 Å². The number of likely N-dealkylation sites (N-methyl/N-ethyl adjacent to an activating group) is 1. The summed E-state index contributed by atoms with van der Waals surface area (Å²) in [6.07, 6.45) is 0.176. The van der Waals surface area contributed by atoms with Crippen LogP contribution in [0.15, 0.2) is 46.7 Å². The van der Waals surface area contributed by atoms with Crippen molar-refractivity contribution in [2.24, 2.45) is 0 Å². The number of anilines is 3. The second-order valence-corrected chi connectivity index (χ2v) is 9.65. The topological polar surface area (TPSA) is 118 Å². The molecule has 0 bridgehead atoms. The number of nitrogens with zero attached hydrogens (tertiary/aromatic N) is 2. The summed E-state index contributed by atoms with van der Waals surface area (Å²) >= 11 is 1.15. The van der Waals surface area contributed by atoms with E-state index in [1.807, 2.05) is 0 Å². The van der Waals surface area contributed by atoms with Gasteiger partial charge in [0.05, 0.1) is 22.7 Å². The number of amides is 2. The van der Waals surface area contributed by atoms with Gasteiger partial charge in [-0.2, -0.15) is 0 Å². The predicted octanol–water partition coefficient (Wildman–Crippen LogP) is 2.46. The highest BCUT2D eigenvalue weighted by Crippen LogP contribution is 2.35. The highest BCUT2D eigenvalue weighted by molar-refractivity contribution is 7.93. The maximum Gasteiger partial charge on any atom is 0.263 e. The van der Waals surface area contributed by atoms with E-state index in [1.54, 1.807) is 36.7 Å². The Labute approximate surface area is 181 Å².